The lowest BCUT2D eigenvalue weighted by molar-refractivity contribution is -0.127. The smallest absolute Gasteiger partial charge is 0.255 e. The molecule has 1 saturated carbocycles. The molecule has 3 aliphatic rings. The van der Waals surface area contributed by atoms with Crippen LogP contribution in [0.15, 0.2) is 48.5 Å². The molecule has 1 saturated heterocycles. The van der Waals surface area contributed by atoms with E-state index in [1.165, 1.54) is 0 Å². The number of nitrogens with zero attached hydrogens (tertiary/aromatic N) is 2. The molecule has 0 spiro atoms. The highest BCUT2D eigenvalue weighted by atomic mass is 16.2. The summed E-state index contributed by atoms with van der Waals surface area (Å²) >= 11 is 0. The van der Waals surface area contributed by atoms with Gasteiger partial charge in [-0.1, -0.05) is 31.0 Å². The Morgan fingerprint density at radius 3 is 2.26 bits per heavy atom. The molecule has 2 heterocycles. The van der Waals surface area contributed by atoms with Gasteiger partial charge >= 0.3 is 0 Å². The van der Waals surface area contributed by atoms with Crippen LogP contribution in [0.3, 0.4) is 0 Å². The Morgan fingerprint density at radius 1 is 0.886 bits per heavy atom. The molecule has 1 unspecified atom stereocenters. The average Bonchev–Trinajstić information content (AvgIpc) is 3.70. The van der Waals surface area contributed by atoms with Gasteiger partial charge in [-0.05, 0) is 61.6 Å². The number of carbonyl (C=O) groups is 4. The Balaban J connectivity index is 1.17. The van der Waals surface area contributed by atoms with E-state index in [9.17, 15) is 19.2 Å². The summed E-state index contributed by atoms with van der Waals surface area (Å²) in [6.45, 7) is 1.36. The zero-order chi connectivity index (χ0) is 24.4. The van der Waals surface area contributed by atoms with Crippen LogP contribution >= 0.6 is 0 Å². The Morgan fingerprint density at radius 2 is 1.57 bits per heavy atom. The van der Waals surface area contributed by atoms with Gasteiger partial charge in [-0.3, -0.25) is 19.2 Å². The van der Waals surface area contributed by atoms with Crippen LogP contribution in [0.1, 0.15) is 70.8 Å². The van der Waals surface area contributed by atoms with Crippen molar-refractivity contribution in [1.29, 1.82) is 0 Å². The van der Waals surface area contributed by atoms with E-state index in [1.54, 1.807) is 47.4 Å². The SMILES string of the molecule is O=C(CNC(=O)C1c2ccccc2C(=O)N1C1CC1)Nc1ccc(C(=O)N2CCCCCC2)cc1. The highest BCUT2D eigenvalue weighted by molar-refractivity contribution is 6.05. The third kappa shape index (κ3) is 4.92. The van der Waals surface area contributed by atoms with Gasteiger partial charge in [-0.25, -0.2) is 0 Å². The largest absolute Gasteiger partial charge is 0.345 e. The van der Waals surface area contributed by atoms with Crippen LogP contribution < -0.4 is 10.6 Å². The van der Waals surface area contributed by atoms with Crippen LogP contribution in [0.2, 0.25) is 0 Å². The lowest BCUT2D eigenvalue weighted by Gasteiger charge is -2.24. The van der Waals surface area contributed by atoms with E-state index in [0.29, 0.717) is 22.4 Å². The molecule has 1 atom stereocenters. The molecule has 35 heavy (non-hydrogen) atoms. The maximum absolute atomic E-state index is 13.0. The van der Waals surface area contributed by atoms with Gasteiger partial charge in [-0.2, -0.15) is 0 Å². The molecule has 4 amide bonds. The minimum absolute atomic E-state index is 0.0173. The highest BCUT2D eigenvalue weighted by Crippen LogP contribution is 2.41. The fourth-order valence-electron chi connectivity index (χ4n) is 4.96. The fourth-order valence-corrected chi connectivity index (χ4v) is 4.96. The summed E-state index contributed by atoms with van der Waals surface area (Å²) in [6, 6.07) is 13.4. The van der Waals surface area contributed by atoms with Crippen molar-refractivity contribution in [1.82, 2.24) is 15.1 Å². The molecular weight excluding hydrogens is 444 g/mol. The average molecular weight is 475 g/mol. The second-order valence-corrected chi connectivity index (χ2v) is 9.48. The molecule has 2 N–H and O–H groups in total. The summed E-state index contributed by atoms with van der Waals surface area (Å²) in [7, 11) is 0. The summed E-state index contributed by atoms with van der Waals surface area (Å²) in [5.41, 5.74) is 2.39. The van der Waals surface area contributed by atoms with E-state index in [2.05, 4.69) is 10.6 Å². The van der Waals surface area contributed by atoms with Crippen molar-refractivity contribution in [3.05, 3.63) is 65.2 Å². The second-order valence-electron chi connectivity index (χ2n) is 9.48. The fraction of sp³-hybridized carbons (Fsp3) is 0.407. The first-order valence-corrected chi connectivity index (χ1v) is 12.4. The number of anilines is 1. The zero-order valence-corrected chi connectivity index (χ0v) is 19.7. The highest BCUT2D eigenvalue weighted by Gasteiger charge is 2.47. The zero-order valence-electron chi connectivity index (χ0n) is 19.7. The number of nitrogens with one attached hydrogen (secondary N) is 2. The Labute approximate surface area is 204 Å². The molecular formula is C27H30N4O4. The molecule has 2 aliphatic heterocycles. The van der Waals surface area contributed by atoms with E-state index in [0.717, 1.165) is 51.6 Å². The number of fused-ring (bicyclic) bond motifs is 1. The molecule has 0 bridgehead atoms. The van der Waals surface area contributed by atoms with Crippen LogP contribution in [-0.2, 0) is 9.59 Å². The van der Waals surface area contributed by atoms with E-state index < -0.39 is 6.04 Å². The van der Waals surface area contributed by atoms with Crippen LogP contribution in [0, 0.1) is 0 Å². The maximum atomic E-state index is 13.0. The number of benzene rings is 2. The van der Waals surface area contributed by atoms with E-state index in [4.69, 9.17) is 0 Å². The molecule has 182 valence electrons. The number of rotatable bonds is 6. The quantitative estimate of drug-likeness (QED) is 0.672. The molecule has 1 aliphatic carbocycles. The number of amides is 4. The molecule has 8 heteroatoms. The van der Waals surface area contributed by atoms with Gasteiger partial charge in [0.2, 0.25) is 11.8 Å². The van der Waals surface area contributed by atoms with Crippen molar-refractivity contribution in [3.8, 4) is 0 Å². The van der Waals surface area contributed by atoms with Crippen LogP contribution in [0.5, 0.6) is 0 Å². The molecule has 8 nitrogen and oxygen atoms in total. The molecule has 5 rings (SSSR count). The van der Waals surface area contributed by atoms with Gasteiger partial charge in [0.1, 0.15) is 6.04 Å². The van der Waals surface area contributed by atoms with E-state index in [1.807, 2.05) is 11.0 Å². The topological polar surface area (TPSA) is 98.8 Å². The third-order valence-electron chi connectivity index (χ3n) is 6.92. The summed E-state index contributed by atoms with van der Waals surface area (Å²) in [4.78, 5) is 54.6. The summed E-state index contributed by atoms with van der Waals surface area (Å²) in [5.74, 6) is -0.838. The van der Waals surface area contributed by atoms with E-state index >= 15 is 0 Å². The van der Waals surface area contributed by atoms with E-state index in [-0.39, 0.29) is 36.2 Å². The van der Waals surface area contributed by atoms with Crippen molar-refractivity contribution in [2.24, 2.45) is 0 Å². The predicted octanol–water partition coefficient (Wildman–Crippen LogP) is 3.12. The molecule has 0 radical (unpaired) electrons. The second kappa shape index (κ2) is 9.90. The Kier molecular flexibility index (Phi) is 6.53. The monoisotopic (exact) mass is 474 g/mol. The summed E-state index contributed by atoms with van der Waals surface area (Å²) in [6.07, 6.45) is 6.16. The van der Waals surface area contributed by atoms with Gasteiger partial charge in [0.25, 0.3) is 11.8 Å². The van der Waals surface area contributed by atoms with Crippen LogP contribution in [-0.4, -0.2) is 59.1 Å². The lowest BCUT2D eigenvalue weighted by Crippen LogP contribution is -2.42. The predicted molar refractivity (Wildman–Crippen MR) is 131 cm³/mol. The first-order valence-electron chi connectivity index (χ1n) is 12.4. The molecule has 2 aromatic carbocycles. The Hall–Kier alpha value is -3.68. The molecule has 0 aromatic heterocycles. The summed E-state index contributed by atoms with van der Waals surface area (Å²) < 4.78 is 0. The normalized spacial score (nSPS) is 19.7. The van der Waals surface area contributed by atoms with Gasteiger partial charge in [-0.15, -0.1) is 0 Å². The Bertz CT molecular complexity index is 1130. The van der Waals surface area contributed by atoms with Crippen molar-refractivity contribution >= 4 is 29.3 Å². The minimum Gasteiger partial charge on any atom is -0.345 e. The van der Waals surface area contributed by atoms with Crippen molar-refractivity contribution in [3.63, 3.8) is 0 Å². The van der Waals surface area contributed by atoms with Crippen LogP contribution in [0.4, 0.5) is 5.69 Å². The van der Waals surface area contributed by atoms with Gasteiger partial charge in [0.05, 0.1) is 6.54 Å². The van der Waals surface area contributed by atoms with Crippen molar-refractivity contribution < 1.29 is 19.2 Å². The minimum atomic E-state index is -0.705. The summed E-state index contributed by atoms with van der Waals surface area (Å²) in [5, 5.41) is 5.45. The maximum Gasteiger partial charge on any atom is 0.255 e. The van der Waals surface area contributed by atoms with Crippen molar-refractivity contribution in [2.45, 2.75) is 50.6 Å². The molecule has 2 aromatic rings. The van der Waals surface area contributed by atoms with Gasteiger partial charge in [0, 0.05) is 35.9 Å². The van der Waals surface area contributed by atoms with Crippen LogP contribution in [0.25, 0.3) is 0 Å². The van der Waals surface area contributed by atoms with Gasteiger partial charge < -0.3 is 20.4 Å². The number of hydrogen-bond donors (Lipinski definition) is 2. The number of hydrogen-bond acceptors (Lipinski definition) is 4. The molecule has 2 fully saturated rings. The lowest BCUT2D eigenvalue weighted by atomic mass is 10.0. The first kappa shape index (κ1) is 23.1. The number of likely N-dealkylation sites (tertiary alicyclic amines) is 1. The number of carbonyl (C=O) groups excluding carboxylic acids is 4. The van der Waals surface area contributed by atoms with Crippen molar-refractivity contribution in [2.75, 3.05) is 25.0 Å². The first-order chi connectivity index (χ1) is 17.0. The standard InChI is InChI=1S/C27H30N4O4/c32-23(29-19-11-9-18(10-12-19)26(34)30-15-5-1-2-6-16-30)17-28-25(33)24-21-7-3-4-8-22(21)27(35)31(24)20-13-14-20/h3-4,7-12,20,24H,1-2,5-6,13-17H2,(H,28,33)(H,29,32). The third-order valence-corrected chi connectivity index (χ3v) is 6.92. The van der Waals surface area contributed by atoms with Gasteiger partial charge in [0.15, 0.2) is 0 Å².